The quantitative estimate of drug-likeness (QED) is 0.230. The number of amides is 4. The second-order valence-electron chi connectivity index (χ2n) is 18.0. The van der Waals surface area contributed by atoms with E-state index in [9.17, 15) is 34.3 Å². The van der Waals surface area contributed by atoms with Gasteiger partial charge in [0.15, 0.2) is 0 Å². The van der Waals surface area contributed by atoms with Gasteiger partial charge in [-0.25, -0.2) is 5.43 Å². The number of aromatic nitrogens is 1. The van der Waals surface area contributed by atoms with Crippen LogP contribution in [0.4, 0.5) is 0 Å². The van der Waals surface area contributed by atoms with Crippen molar-refractivity contribution in [1.29, 1.82) is 5.26 Å². The van der Waals surface area contributed by atoms with Crippen molar-refractivity contribution < 1.29 is 33.8 Å². The molecule has 59 heavy (non-hydrogen) atoms. The third-order valence-corrected chi connectivity index (χ3v) is 11.8. The first-order chi connectivity index (χ1) is 27.8. The van der Waals surface area contributed by atoms with Gasteiger partial charge in [-0.3, -0.25) is 29.0 Å². The molecule has 0 saturated carbocycles. The molecule has 4 amide bonds. The van der Waals surface area contributed by atoms with Crippen LogP contribution in [-0.4, -0.2) is 105 Å². The number of carbonyl (C=O) groups is 5. The maximum Gasteiger partial charge on any atom is 0.324 e. The number of carbonyl (C=O) groups excluding carboxylic acids is 5. The number of esters is 1. The molecule has 4 atom stereocenters. The number of nitrogens with zero attached hydrogens (tertiary/aromatic N) is 5. The molecule has 2 saturated heterocycles. The van der Waals surface area contributed by atoms with Crippen molar-refractivity contribution in [2.45, 2.75) is 97.3 Å². The number of nitriles is 1. The van der Waals surface area contributed by atoms with Crippen LogP contribution in [0.1, 0.15) is 71.9 Å². The number of cyclic esters (lactones) is 1. The average molecular weight is 808 g/mol. The third-order valence-electron chi connectivity index (χ3n) is 11.8. The van der Waals surface area contributed by atoms with Gasteiger partial charge < -0.3 is 29.5 Å². The zero-order valence-corrected chi connectivity index (χ0v) is 35.2. The Balaban J connectivity index is 1.38. The number of hydrogen-bond acceptors (Lipinski definition) is 9. The molecule has 1 aromatic heterocycles. The first-order valence-corrected chi connectivity index (χ1v) is 20.4. The second-order valence-corrected chi connectivity index (χ2v) is 18.0. The van der Waals surface area contributed by atoms with Gasteiger partial charge in [0.2, 0.25) is 17.7 Å². The Morgan fingerprint density at radius 3 is 2.56 bits per heavy atom. The standard InChI is InChI=1S/C45H57N7O7/c1-9-38(54)50-16-14-30(22-50)41(56)49(8)39(27(2)3)40(55)47-36-19-28-17-31(20-32(53)18-28)29-12-13-33-34(45(6,7)24-46)23-51(37(33)21-29)25-44(4,5)26-59-43(58)35-11-10-15-52(48-35)42(36)57/h9,12-13,17-18,20-21,23,27,30,35-36,39,48,53H,1,10-11,14-16,19,22,25-26H2,2-8H3,(H,47,55). The summed E-state index contributed by atoms with van der Waals surface area (Å²) in [6, 6.07) is 10.5. The van der Waals surface area contributed by atoms with Crippen molar-refractivity contribution in [2.24, 2.45) is 17.3 Å². The average Bonchev–Trinajstić information content (AvgIpc) is 3.84. The monoisotopic (exact) mass is 807 g/mol. The maximum absolute atomic E-state index is 14.5. The highest BCUT2D eigenvalue weighted by Crippen LogP contribution is 2.37. The summed E-state index contributed by atoms with van der Waals surface area (Å²) in [5.41, 5.74) is 5.52. The van der Waals surface area contributed by atoms with E-state index < -0.39 is 52.7 Å². The van der Waals surface area contributed by atoms with Gasteiger partial charge in [0, 0.05) is 62.2 Å². The summed E-state index contributed by atoms with van der Waals surface area (Å²) in [5, 5.41) is 26.4. The minimum absolute atomic E-state index is 0.0175. The number of fused-ring (bicyclic) bond motifs is 6. The molecule has 6 rings (SSSR count). The van der Waals surface area contributed by atoms with Crippen LogP contribution in [-0.2, 0) is 47.1 Å². The van der Waals surface area contributed by atoms with E-state index in [0.29, 0.717) is 43.5 Å². The SMILES string of the molecule is C=CC(=O)N1CCC(C(=O)N(C)C(C(=O)NC2Cc3cc(O)cc(c3)-c3ccc4c(C(C)(C)C#N)cn(c4c3)CC(C)(C)COC(=O)C3CCCN(N3)C2=O)C(C)C)C1. The van der Waals surface area contributed by atoms with Crippen LogP contribution in [0.25, 0.3) is 22.0 Å². The Labute approximate surface area is 346 Å². The number of ether oxygens (including phenoxy) is 1. The highest BCUT2D eigenvalue weighted by atomic mass is 16.5. The third kappa shape index (κ3) is 9.15. The molecule has 4 unspecified atom stereocenters. The van der Waals surface area contributed by atoms with E-state index in [1.807, 2.05) is 72.0 Å². The molecule has 0 spiro atoms. The Bertz CT molecular complexity index is 2200. The molecule has 4 heterocycles. The number of phenols is 1. The van der Waals surface area contributed by atoms with Gasteiger partial charge in [0.1, 0.15) is 23.9 Å². The topological polar surface area (TPSA) is 177 Å². The molecular weight excluding hydrogens is 751 g/mol. The summed E-state index contributed by atoms with van der Waals surface area (Å²) in [6.45, 7) is 16.4. The van der Waals surface area contributed by atoms with Crippen molar-refractivity contribution in [1.82, 2.24) is 30.1 Å². The van der Waals surface area contributed by atoms with Crippen LogP contribution in [0.15, 0.2) is 55.3 Å². The molecule has 3 aliphatic rings. The van der Waals surface area contributed by atoms with Crippen molar-refractivity contribution >= 4 is 40.5 Å². The van der Waals surface area contributed by atoms with Crippen LogP contribution < -0.4 is 10.7 Å². The predicted octanol–water partition coefficient (Wildman–Crippen LogP) is 4.44. The predicted molar refractivity (Wildman–Crippen MR) is 222 cm³/mol. The summed E-state index contributed by atoms with van der Waals surface area (Å²) in [4.78, 5) is 71.5. The lowest BCUT2D eigenvalue weighted by Crippen LogP contribution is -2.62. The van der Waals surface area contributed by atoms with Crippen molar-refractivity contribution in [3.63, 3.8) is 0 Å². The van der Waals surface area contributed by atoms with Gasteiger partial charge in [-0.05, 0) is 85.6 Å². The molecule has 0 radical (unpaired) electrons. The van der Waals surface area contributed by atoms with Gasteiger partial charge in [0.25, 0.3) is 5.91 Å². The van der Waals surface area contributed by atoms with Crippen LogP contribution in [0, 0.1) is 28.6 Å². The zero-order chi connectivity index (χ0) is 43.0. The van der Waals surface area contributed by atoms with Crippen LogP contribution >= 0.6 is 0 Å². The largest absolute Gasteiger partial charge is 0.508 e. The fraction of sp³-hybridized carbons (Fsp3) is 0.511. The number of aromatic hydroxyl groups is 1. The Morgan fingerprint density at radius 2 is 1.86 bits per heavy atom. The summed E-state index contributed by atoms with van der Waals surface area (Å²) < 4.78 is 8.01. The summed E-state index contributed by atoms with van der Waals surface area (Å²) in [6.07, 6.45) is 4.59. The first kappa shape index (κ1) is 42.9. The lowest BCUT2D eigenvalue weighted by Gasteiger charge is -2.37. The molecule has 14 heteroatoms. The molecule has 0 aliphatic carbocycles. The molecule has 3 aliphatic heterocycles. The zero-order valence-electron chi connectivity index (χ0n) is 35.2. The van der Waals surface area contributed by atoms with E-state index in [2.05, 4.69) is 28.0 Å². The van der Waals surface area contributed by atoms with E-state index in [4.69, 9.17) is 4.74 Å². The highest BCUT2D eigenvalue weighted by molar-refractivity contribution is 5.94. The van der Waals surface area contributed by atoms with E-state index in [1.165, 1.54) is 16.0 Å². The van der Waals surface area contributed by atoms with Gasteiger partial charge in [-0.2, -0.15) is 5.26 Å². The Morgan fingerprint density at radius 1 is 1.12 bits per heavy atom. The molecule has 14 nitrogen and oxygen atoms in total. The van der Waals surface area contributed by atoms with Gasteiger partial charge in [-0.15, -0.1) is 0 Å². The minimum atomic E-state index is -1.16. The van der Waals surface area contributed by atoms with Gasteiger partial charge in [-0.1, -0.05) is 52.5 Å². The summed E-state index contributed by atoms with van der Waals surface area (Å²) in [5.74, 6) is -2.92. The smallest absolute Gasteiger partial charge is 0.324 e. The number of hydrogen-bond donors (Lipinski definition) is 3. The Hall–Kier alpha value is -5.68. The Kier molecular flexibility index (Phi) is 12.3. The van der Waals surface area contributed by atoms with Gasteiger partial charge >= 0.3 is 5.97 Å². The molecule has 6 bridgehead atoms. The lowest BCUT2D eigenvalue weighted by molar-refractivity contribution is -0.155. The number of likely N-dealkylation sites (N-methyl/N-ethyl adjacent to an activating group) is 1. The van der Waals surface area contributed by atoms with Crippen molar-refractivity contribution in [2.75, 3.05) is 33.3 Å². The van der Waals surface area contributed by atoms with Crippen molar-refractivity contribution in [3.8, 4) is 22.9 Å². The number of likely N-dealkylation sites (tertiary alicyclic amines) is 1. The van der Waals surface area contributed by atoms with E-state index in [1.54, 1.807) is 24.1 Å². The molecule has 2 fully saturated rings. The summed E-state index contributed by atoms with van der Waals surface area (Å²) >= 11 is 0. The minimum Gasteiger partial charge on any atom is -0.508 e. The summed E-state index contributed by atoms with van der Waals surface area (Å²) in [7, 11) is 1.57. The number of rotatable bonds is 7. The van der Waals surface area contributed by atoms with E-state index in [0.717, 1.165) is 22.0 Å². The fourth-order valence-electron chi connectivity index (χ4n) is 8.63. The molecule has 3 N–H and O–H groups in total. The highest BCUT2D eigenvalue weighted by Gasteiger charge is 2.40. The maximum atomic E-state index is 14.5. The fourth-order valence-corrected chi connectivity index (χ4v) is 8.63. The second kappa shape index (κ2) is 16.9. The number of hydrazine groups is 1. The number of benzene rings is 2. The normalized spacial score (nSPS) is 21.6. The van der Waals surface area contributed by atoms with E-state index >= 15 is 0 Å². The number of nitrogens with one attached hydrogen (secondary N) is 2. The van der Waals surface area contributed by atoms with Crippen LogP contribution in [0.5, 0.6) is 5.75 Å². The first-order valence-electron chi connectivity index (χ1n) is 20.4. The van der Waals surface area contributed by atoms with Crippen molar-refractivity contribution in [3.05, 3.63) is 66.4 Å². The van der Waals surface area contributed by atoms with Crippen LogP contribution in [0.3, 0.4) is 0 Å². The van der Waals surface area contributed by atoms with Gasteiger partial charge in [0.05, 0.1) is 24.0 Å². The molecule has 2 aromatic carbocycles. The van der Waals surface area contributed by atoms with Crippen LogP contribution in [0.2, 0.25) is 0 Å². The molecule has 3 aromatic rings. The molecular formula is C45H57N7O7. The number of phenolic OH excluding ortho intramolecular Hbond substituents is 1. The lowest BCUT2D eigenvalue weighted by atomic mass is 9.86. The van der Waals surface area contributed by atoms with E-state index in [-0.39, 0.29) is 49.6 Å². The molecule has 314 valence electrons.